The van der Waals surface area contributed by atoms with Gasteiger partial charge in [-0.1, -0.05) is 30.3 Å². The van der Waals surface area contributed by atoms with E-state index in [1.807, 2.05) is 23.1 Å². The third kappa shape index (κ3) is 4.96. The maximum atomic E-state index is 12.4. The zero-order chi connectivity index (χ0) is 16.6. The fraction of sp³-hybridized carbons (Fsp3) is 0.389. The average molecular weight is 343 g/mol. The lowest BCUT2D eigenvalue weighted by molar-refractivity contribution is -0.131. The lowest BCUT2D eigenvalue weighted by atomic mass is 10.1. The summed E-state index contributed by atoms with van der Waals surface area (Å²) >= 11 is 1.66. The van der Waals surface area contributed by atoms with Gasteiger partial charge in [-0.15, -0.1) is 11.8 Å². The second-order valence-electron chi connectivity index (χ2n) is 5.73. The number of hydrogen-bond acceptors (Lipinski definition) is 5. The first kappa shape index (κ1) is 16.8. The molecule has 126 valence electrons. The molecule has 1 aliphatic rings. The molecule has 2 aromatic rings. The summed E-state index contributed by atoms with van der Waals surface area (Å²) in [5.41, 5.74) is 1.25. The summed E-state index contributed by atoms with van der Waals surface area (Å²) in [7, 11) is 0. The van der Waals surface area contributed by atoms with Gasteiger partial charge in [-0.25, -0.2) is 9.97 Å². The molecule has 1 aromatic carbocycles. The highest BCUT2D eigenvalue weighted by atomic mass is 32.2. The first-order valence-electron chi connectivity index (χ1n) is 8.14. The first-order chi connectivity index (χ1) is 11.8. The number of amides is 1. The molecular weight excluding hydrogens is 322 g/mol. The number of nitrogens with zero attached hydrogens (tertiary/aromatic N) is 3. The summed E-state index contributed by atoms with van der Waals surface area (Å²) in [4.78, 5) is 22.5. The van der Waals surface area contributed by atoms with Crippen molar-refractivity contribution in [2.75, 3.05) is 18.8 Å². The molecule has 24 heavy (non-hydrogen) atoms. The van der Waals surface area contributed by atoms with Gasteiger partial charge in [0.25, 0.3) is 0 Å². The molecule has 0 unspecified atom stereocenters. The number of benzene rings is 1. The van der Waals surface area contributed by atoms with E-state index in [-0.39, 0.29) is 12.0 Å². The van der Waals surface area contributed by atoms with Gasteiger partial charge in [-0.05, 0) is 24.5 Å². The van der Waals surface area contributed by atoms with Crippen LogP contribution in [0.15, 0.2) is 48.8 Å². The Bertz CT molecular complexity index is 639. The summed E-state index contributed by atoms with van der Waals surface area (Å²) < 4.78 is 5.79. The Labute approximate surface area is 146 Å². The molecular formula is C18H21N3O2S. The van der Waals surface area contributed by atoms with Gasteiger partial charge in [0.15, 0.2) is 0 Å². The quantitative estimate of drug-likeness (QED) is 0.807. The van der Waals surface area contributed by atoms with E-state index in [0.717, 1.165) is 25.1 Å². The van der Waals surface area contributed by atoms with Crippen molar-refractivity contribution >= 4 is 17.7 Å². The van der Waals surface area contributed by atoms with Gasteiger partial charge in [0.1, 0.15) is 6.10 Å². The standard InChI is InChI=1S/C18H21N3O2S/c22-17(14-24-13-15-6-2-1-3-7-15)21-11-4-8-16(12-21)23-18-19-9-5-10-20-18/h1-3,5-7,9-10,16H,4,8,11-14H2/t16-/m1/s1. The number of piperidine rings is 1. The molecule has 1 aliphatic heterocycles. The number of carbonyl (C=O) groups excluding carboxylic acids is 1. The van der Waals surface area contributed by atoms with Crippen LogP contribution in [0, 0.1) is 0 Å². The molecule has 0 saturated carbocycles. The summed E-state index contributed by atoms with van der Waals surface area (Å²) in [6, 6.07) is 12.4. The van der Waals surface area contributed by atoms with E-state index in [2.05, 4.69) is 22.1 Å². The lowest BCUT2D eigenvalue weighted by Gasteiger charge is -2.32. The maximum Gasteiger partial charge on any atom is 0.316 e. The van der Waals surface area contributed by atoms with E-state index >= 15 is 0 Å². The monoisotopic (exact) mass is 343 g/mol. The minimum absolute atomic E-state index is 0.0239. The highest BCUT2D eigenvalue weighted by molar-refractivity contribution is 7.99. The van der Waals surface area contributed by atoms with Crippen molar-refractivity contribution in [3.8, 4) is 6.01 Å². The zero-order valence-corrected chi connectivity index (χ0v) is 14.3. The molecule has 1 saturated heterocycles. The van der Waals surface area contributed by atoms with Crippen molar-refractivity contribution in [1.29, 1.82) is 0 Å². The molecule has 2 heterocycles. The number of rotatable bonds is 6. The van der Waals surface area contributed by atoms with Gasteiger partial charge in [0.2, 0.25) is 5.91 Å². The highest BCUT2D eigenvalue weighted by Crippen LogP contribution is 2.17. The van der Waals surface area contributed by atoms with E-state index < -0.39 is 0 Å². The number of thioether (sulfide) groups is 1. The smallest absolute Gasteiger partial charge is 0.316 e. The van der Waals surface area contributed by atoms with Crippen molar-refractivity contribution in [2.24, 2.45) is 0 Å². The SMILES string of the molecule is O=C(CSCc1ccccc1)N1CCC[C@@H](Oc2ncccn2)C1. The highest BCUT2D eigenvalue weighted by Gasteiger charge is 2.25. The van der Waals surface area contributed by atoms with Crippen LogP contribution in [0.25, 0.3) is 0 Å². The Morgan fingerprint density at radius 2 is 2.00 bits per heavy atom. The second-order valence-corrected chi connectivity index (χ2v) is 6.72. The van der Waals surface area contributed by atoms with E-state index in [9.17, 15) is 4.79 Å². The van der Waals surface area contributed by atoms with Gasteiger partial charge in [0, 0.05) is 24.7 Å². The van der Waals surface area contributed by atoms with Crippen LogP contribution in [0.1, 0.15) is 18.4 Å². The molecule has 0 radical (unpaired) electrons. The van der Waals surface area contributed by atoms with E-state index in [1.54, 1.807) is 30.2 Å². The summed E-state index contributed by atoms with van der Waals surface area (Å²) in [6.07, 6.45) is 5.18. The van der Waals surface area contributed by atoms with Gasteiger partial charge in [-0.3, -0.25) is 4.79 Å². The fourth-order valence-corrected chi connectivity index (χ4v) is 3.57. The number of aromatic nitrogens is 2. The first-order valence-corrected chi connectivity index (χ1v) is 9.30. The van der Waals surface area contributed by atoms with Crippen LogP contribution in [-0.4, -0.2) is 45.7 Å². The van der Waals surface area contributed by atoms with Crippen LogP contribution in [-0.2, 0) is 10.5 Å². The van der Waals surface area contributed by atoms with Crippen molar-refractivity contribution in [2.45, 2.75) is 24.7 Å². The van der Waals surface area contributed by atoms with Crippen LogP contribution in [0.5, 0.6) is 6.01 Å². The molecule has 1 amide bonds. The van der Waals surface area contributed by atoms with E-state index in [1.165, 1.54) is 5.56 Å². The number of hydrogen-bond donors (Lipinski definition) is 0. The van der Waals surface area contributed by atoms with Crippen LogP contribution >= 0.6 is 11.8 Å². The molecule has 1 aromatic heterocycles. The largest absolute Gasteiger partial charge is 0.458 e. The molecule has 1 fully saturated rings. The summed E-state index contributed by atoms with van der Waals surface area (Å²) in [6.45, 7) is 1.42. The van der Waals surface area contributed by atoms with Gasteiger partial charge < -0.3 is 9.64 Å². The van der Waals surface area contributed by atoms with Gasteiger partial charge >= 0.3 is 6.01 Å². The van der Waals surface area contributed by atoms with Gasteiger partial charge in [0.05, 0.1) is 12.3 Å². The number of likely N-dealkylation sites (tertiary alicyclic amines) is 1. The fourth-order valence-electron chi connectivity index (χ4n) is 2.68. The topological polar surface area (TPSA) is 55.3 Å². The Hall–Kier alpha value is -2.08. The number of ether oxygens (including phenoxy) is 1. The number of carbonyl (C=O) groups is 1. The van der Waals surface area contributed by atoms with Crippen LogP contribution in [0.4, 0.5) is 0 Å². The molecule has 0 N–H and O–H groups in total. The molecule has 5 nitrogen and oxygen atoms in total. The van der Waals surface area contributed by atoms with Gasteiger partial charge in [-0.2, -0.15) is 0 Å². The molecule has 3 rings (SSSR count). The molecule has 0 spiro atoms. The predicted molar refractivity (Wildman–Crippen MR) is 94.9 cm³/mol. The summed E-state index contributed by atoms with van der Waals surface area (Å²) in [5.74, 6) is 1.54. The third-order valence-corrected chi connectivity index (χ3v) is 4.87. The molecule has 1 atom stereocenters. The van der Waals surface area contributed by atoms with Crippen molar-refractivity contribution < 1.29 is 9.53 Å². The Balaban J connectivity index is 1.44. The van der Waals surface area contributed by atoms with E-state index in [0.29, 0.717) is 18.3 Å². The minimum Gasteiger partial charge on any atom is -0.458 e. The predicted octanol–water partition coefficient (Wildman–Crippen LogP) is 2.78. The summed E-state index contributed by atoms with van der Waals surface area (Å²) in [5, 5.41) is 0. The van der Waals surface area contributed by atoms with E-state index in [4.69, 9.17) is 4.74 Å². The Kier molecular flexibility index (Phi) is 6.07. The second kappa shape index (κ2) is 8.68. The third-order valence-electron chi connectivity index (χ3n) is 3.88. The van der Waals surface area contributed by atoms with Crippen molar-refractivity contribution in [3.63, 3.8) is 0 Å². The normalized spacial score (nSPS) is 17.5. The minimum atomic E-state index is -0.0239. The Morgan fingerprint density at radius 3 is 2.79 bits per heavy atom. The molecule has 6 heteroatoms. The van der Waals surface area contributed by atoms with Crippen LogP contribution in [0.3, 0.4) is 0 Å². The van der Waals surface area contributed by atoms with Crippen molar-refractivity contribution in [3.05, 3.63) is 54.4 Å². The molecule has 0 aliphatic carbocycles. The van der Waals surface area contributed by atoms with Crippen molar-refractivity contribution in [1.82, 2.24) is 14.9 Å². The zero-order valence-electron chi connectivity index (χ0n) is 13.5. The lowest BCUT2D eigenvalue weighted by Crippen LogP contribution is -2.45. The average Bonchev–Trinajstić information content (AvgIpc) is 2.64. The Morgan fingerprint density at radius 1 is 1.21 bits per heavy atom. The van der Waals surface area contributed by atoms with Crippen LogP contribution in [0.2, 0.25) is 0 Å². The molecule has 0 bridgehead atoms. The van der Waals surface area contributed by atoms with Crippen LogP contribution < -0.4 is 4.74 Å². The maximum absolute atomic E-state index is 12.4.